The monoisotopic (exact) mass is 252 g/mol. The summed E-state index contributed by atoms with van der Waals surface area (Å²) in [5, 5.41) is 16.0. The molecule has 0 aliphatic rings. The number of nitrogens with zero attached hydrogens (tertiary/aromatic N) is 2. The van der Waals surface area contributed by atoms with Crippen LogP contribution in [0.15, 0.2) is 18.3 Å². The summed E-state index contributed by atoms with van der Waals surface area (Å²) in [6, 6.07) is 3.74. The van der Waals surface area contributed by atoms with E-state index >= 15 is 0 Å². The summed E-state index contributed by atoms with van der Waals surface area (Å²) in [5.41, 5.74) is 6.93. The molecule has 18 heavy (non-hydrogen) atoms. The molecule has 1 aromatic rings. The summed E-state index contributed by atoms with van der Waals surface area (Å²) in [5.74, 6) is -0.0180. The van der Waals surface area contributed by atoms with Crippen molar-refractivity contribution in [2.45, 2.75) is 6.54 Å². The summed E-state index contributed by atoms with van der Waals surface area (Å²) in [6.45, 7) is 2.37. The molecule has 0 aliphatic carbocycles. The zero-order valence-electron chi connectivity index (χ0n) is 10.6. The molecule has 6 heteroatoms. The van der Waals surface area contributed by atoms with Crippen molar-refractivity contribution in [2.75, 3.05) is 33.4 Å². The normalized spacial score (nSPS) is 10.8. The van der Waals surface area contributed by atoms with Crippen LogP contribution in [0, 0.1) is 5.41 Å². The predicted molar refractivity (Wildman–Crippen MR) is 69.5 cm³/mol. The fourth-order valence-electron chi connectivity index (χ4n) is 1.57. The van der Waals surface area contributed by atoms with Gasteiger partial charge in [-0.3, -0.25) is 15.3 Å². The summed E-state index contributed by atoms with van der Waals surface area (Å²) in [6.07, 6.45) is 1.63. The van der Waals surface area contributed by atoms with E-state index < -0.39 is 0 Å². The van der Waals surface area contributed by atoms with E-state index in [4.69, 9.17) is 21.0 Å². The van der Waals surface area contributed by atoms with E-state index in [0.29, 0.717) is 25.5 Å². The smallest absolute Gasteiger partial charge is 0.142 e. The van der Waals surface area contributed by atoms with Gasteiger partial charge >= 0.3 is 0 Å². The highest BCUT2D eigenvalue weighted by molar-refractivity contribution is 5.94. The fraction of sp³-hybridized carbons (Fsp3) is 0.500. The summed E-state index contributed by atoms with van der Waals surface area (Å²) in [7, 11) is 1.96. The number of rotatable bonds is 8. The Hall–Kier alpha value is -1.50. The minimum atomic E-state index is -0.0180. The number of aliphatic hydroxyl groups is 1. The van der Waals surface area contributed by atoms with Gasteiger partial charge in [-0.2, -0.15) is 0 Å². The van der Waals surface area contributed by atoms with E-state index in [9.17, 15) is 0 Å². The number of ether oxygens (including phenoxy) is 1. The Morgan fingerprint density at radius 1 is 1.56 bits per heavy atom. The van der Waals surface area contributed by atoms with Crippen LogP contribution in [-0.4, -0.2) is 54.2 Å². The molecule has 0 spiro atoms. The van der Waals surface area contributed by atoms with Gasteiger partial charge in [-0.15, -0.1) is 0 Å². The van der Waals surface area contributed by atoms with Gasteiger partial charge in [0.2, 0.25) is 0 Å². The molecule has 0 fully saturated rings. The Labute approximate surface area is 107 Å². The molecule has 6 nitrogen and oxygen atoms in total. The van der Waals surface area contributed by atoms with E-state index in [1.807, 2.05) is 19.2 Å². The van der Waals surface area contributed by atoms with E-state index in [2.05, 4.69) is 9.88 Å². The van der Waals surface area contributed by atoms with Gasteiger partial charge in [-0.1, -0.05) is 6.07 Å². The summed E-state index contributed by atoms with van der Waals surface area (Å²) in [4.78, 5) is 6.16. The van der Waals surface area contributed by atoms with Crippen molar-refractivity contribution in [2.24, 2.45) is 5.73 Å². The number of amidine groups is 1. The van der Waals surface area contributed by atoms with Crippen LogP contribution in [0.3, 0.4) is 0 Å². The molecule has 1 rings (SSSR count). The van der Waals surface area contributed by atoms with Crippen molar-refractivity contribution in [1.29, 1.82) is 5.41 Å². The number of hydrogen-bond donors (Lipinski definition) is 3. The Kier molecular flexibility index (Phi) is 6.27. The third-order valence-corrected chi connectivity index (χ3v) is 2.44. The molecule has 1 heterocycles. The molecule has 0 aromatic carbocycles. The van der Waals surface area contributed by atoms with Crippen LogP contribution in [-0.2, 0) is 11.3 Å². The molecule has 0 saturated heterocycles. The Morgan fingerprint density at radius 2 is 2.33 bits per heavy atom. The molecular weight excluding hydrogens is 232 g/mol. The van der Waals surface area contributed by atoms with Gasteiger partial charge in [0, 0.05) is 19.3 Å². The Morgan fingerprint density at radius 3 is 3.00 bits per heavy atom. The number of nitrogens with two attached hydrogens (primary N) is 1. The van der Waals surface area contributed by atoms with Crippen LogP contribution in [0.2, 0.25) is 0 Å². The minimum Gasteiger partial charge on any atom is -0.394 e. The molecule has 1 aromatic heterocycles. The molecular formula is C12H20N4O2. The van der Waals surface area contributed by atoms with Gasteiger partial charge in [0.15, 0.2) is 0 Å². The maximum atomic E-state index is 8.58. The SMILES string of the molecule is CN(CCOCCO)Cc1cccnc1C(=N)N. The number of aromatic nitrogens is 1. The Bertz CT molecular complexity index is 384. The number of aliphatic hydroxyl groups excluding tert-OH is 1. The summed E-state index contributed by atoms with van der Waals surface area (Å²) >= 11 is 0. The average molecular weight is 252 g/mol. The van der Waals surface area contributed by atoms with Crippen LogP contribution in [0.4, 0.5) is 0 Å². The first-order chi connectivity index (χ1) is 8.65. The second-order valence-corrected chi connectivity index (χ2v) is 4.00. The van der Waals surface area contributed by atoms with E-state index in [1.165, 1.54) is 0 Å². The number of pyridine rings is 1. The molecule has 0 unspecified atom stereocenters. The zero-order valence-corrected chi connectivity index (χ0v) is 10.6. The van der Waals surface area contributed by atoms with Gasteiger partial charge < -0.3 is 15.6 Å². The molecule has 0 aliphatic heterocycles. The van der Waals surface area contributed by atoms with Crippen LogP contribution < -0.4 is 5.73 Å². The average Bonchev–Trinajstić information content (AvgIpc) is 2.35. The fourth-order valence-corrected chi connectivity index (χ4v) is 1.57. The van der Waals surface area contributed by atoms with Crippen molar-refractivity contribution in [1.82, 2.24) is 9.88 Å². The topological polar surface area (TPSA) is 95.5 Å². The van der Waals surface area contributed by atoms with Gasteiger partial charge in [0.1, 0.15) is 11.5 Å². The number of nitrogen functional groups attached to an aromatic ring is 1. The van der Waals surface area contributed by atoms with Crippen molar-refractivity contribution < 1.29 is 9.84 Å². The van der Waals surface area contributed by atoms with E-state index in [1.54, 1.807) is 6.20 Å². The van der Waals surface area contributed by atoms with Gasteiger partial charge in [0.05, 0.1) is 19.8 Å². The number of nitrogens with one attached hydrogen (secondary N) is 1. The lowest BCUT2D eigenvalue weighted by Crippen LogP contribution is -2.25. The molecule has 0 atom stereocenters. The van der Waals surface area contributed by atoms with Crippen LogP contribution in [0.5, 0.6) is 0 Å². The van der Waals surface area contributed by atoms with Crippen molar-refractivity contribution >= 4 is 5.84 Å². The molecule has 0 amide bonds. The lowest BCUT2D eigenvalue weighted by Gasteiger charge is -2.17. The third-order valence-electron chi connectivity index (χ3n) is 2.44. The maximum absolute atomic E-state index is 8.58. The predicted octanol–water partition coefficient (Wildman–Crippen LogP) is -0.194. The zero-order chi connectivity index (χ0) is 13.4. The van der Waals surface area contributed by atoms with E-state index in [-0.39, 0.29) is 12.4 Å². The van der Waals surface area contributed by atoms with E-state index in [0.717, 1.165) is 12.1 Å². The first kappa shape index (κ1) is 14.6. The lowest BCUT2D eigenvalue weighted by atomic mass is 10.1. The second kappa shape index (κ2) is 7.75. The van der Waals surface area contributed by atoms with Crippen LogP contribution >= 0.6 is 0 Å². The van der Waals surface area contributed by atoms with Crippen molar-refractivity contribution in [3.8, 4) is 0 Å². The number of hydrogen-bond acceptors (Lipinski definition) is 5. The standard InChI is InChI=1S/C12H20N4O2/c1-16(5-7-18-8-6-17)9-10-3-2-4-15-11(10)12(13)14/h2-4,17H,5-9H2,1H3,(H3,13,14). The third kappa shape index (κ3) is 4.79. The van der Waals surface area contributed by atoms with Crippen LogP contribution in [0.25, 0.3) is 0 Å². The molecule has 0 bridgehead atoms. The van der Waals surface area contributed by atoms with Crippen molar-refractivity contribution in [3.63, 3.8) is 0 Å². The van der Waals surface area contributed by atoms with Gasteiger partial charge in [-0.05, 0) is 18.7 Å². The van der Waals surface area contributed by atoms with Gasteiger partial charge in [-0.25, -0.2) is 0 Å². The molecule has 100 valence electrons. The Balaban J connectivity index is 2.48. The lowest BCUT2D eigenvalue weighted by molar-refractivity contribution is 0.0773. The maximum Gasteiger partial charge on any atom is 0.142 e. The molecule has 0 radical (unpaired) electrons. The molecule has 4 N–H and O–H groups in total. The number of likely N-dealkylation sites (N-methyl/N-ethyl adjacent to an activating group) is 1. The first-order valence-electron chi connectivity index (χ1n) is 5.80. The first-order valence-corrected chi connectivity index (χ1v) is 5.80. The highest BCUT2D eigenvalue weighted by Crippen LogP contribution is 2.07. The quantitative estimate of drug-likeness (QED) is 0.338. The largest absolute Gasteiger partial charge is 0.394 e. The van der Waals surface area contributed by atoms with Crippen molar-refractivity contribution in [3.05, 3.63) is 29.6 Å². The second-order valence-electron chi connectivity index (χ2n) is 4.00. The van der Waals surface area contributed by atoms with Crippen LogP contribution in [0.1, 0.15) is 11.3 Å². The minimum absolute atomic E-state index is 0.0180. The van der Waals surface area contributed by atoms with Gasteiger partial charge in [0.25, 0.3) is 0 Å². The highest BCUT2D eigenvalue weighted by atomic mass is 16.5. The summed E-state index contributed by atoms with van der Waals surface area (Å²) < 4.78 is 5.19. The highest BCUT2D eigenvalue weighted by Gasteiger charge is 2.08. The molecule has 0 saturated carbocycles.